The van der Waals surface area contributed by atoms with Gasteiger partial charge in [-0.3, -0.25) is 0 Å². The second kappa shape index (κ2) is 3.28. The molecule has 4 heteroatoms. The highest BCUT2D eigenvalue weighted by Gasteiger charge is 2.05. The predicted molar refractivity (Wildman–Crippen MR) is 69.5 cm³/mol. The van der Waals surface area contributed by atoms with Gasteiger partial charge in [-0.1, -0.05) is 12.2 Å². The zero-order chi connectivity index (χ0) is 11.1. The monoisotopic (exact) mass is 227 g/mol. The number of fused-ring (bicyclic) bond motifs is 3. The molecular formula is C12H9N3S. The van der Waals surface area contributed by atoms with E-state index in [-0.39, 0.29) is 0 Å². The first-order valence-corrected chi connectivity index (χ1v) is 5.33. The molecule has 3 nitrogen and oxygen atoms in total. The van der Waals surface area contributed by atoms with Crippen LogP contribution in [0.1, 0.15) is 5.56 Å². The van der Waals surface area contributed by atoms with Gasteiger partial charge in [0, 0.05) is 28.0 Å². The van der Waals surface area contributed by atoms with Crippen LogP contribution in [0.3, 0.4) is 0 Å². The van der Waals surface area contributed by atoms with Crippen LogP contribution in [0.25, 0.3) is 21.9 Å². The van der Waals surface area contributed by atoms with Crippen molar-refractivity contribution < 1.29 is 0 Å². The number of aromatic nitrogens is 2. The molecule has 3 rings (SSSR count). The van der Waals surface area contributed by atoms with E-state index in [0.717, 1.165) is 27.5 Å². The number of thiocarbonyl (C=S) groups is 1. The highest BCUT2D eigenvalue weighted by atomic mass is 32.1. The van der Waals surface area contributed by atoms with Crippen molar-refractivity contribution in [2.24, 2.45) is 5.73 Å². The average Bonchev–Trinajstić information content (AvgIpc) is 2.66. The molecule has 3 aromatic rings. The molecule has 0 fully saturated rings. The number of pyridine rings is 1. The maximum absolute atomic E-state index is 5.62. The summed E-state index contributed by atoms with van der Waals surface area (Å²) in [5, 5.41) is 2.20. The molecule has 3 N–H and O–H groups in total. The minimum atomic E-state index is 0.417. The van der Waals surface area contributed by atoms with Gasteiger partial charge in [0.1, 0.15) is 10.6 Å². The Morgan fingerprint density at radius 1 is 1.25 bits per heavy atom. The van der Waals surface area contributed by atoms with Crippen LogP contribution in [-0.4, -0.2) is 15.0 Å². The minimum Gasteiger partial charge on any atom is -0.389 e. The first-order chi connectivity index (χ1) is 7.75. The van der Waals surface area contributed by atoms with Gasteiger partial charge < -0.3 is 10.7 Å². The van der Waals surface area contributed by atoms with E-state index in [9.17, 15) is 0 Å². The number of H-pyrrole nitrogens is 1. The molecule has 2 aromatic heterocycles. The average molecular weight is 227 g/mol. The number of benzene rings is 1. The Labute approximate surface area is 97.3 Å². The molecule has 0 atom stereocenters. The van der Waals surface area contributed by atoms with Crippen molar-refractivity contribution in [2.75, 3.05) is 0 Å². The maximum atomic E-state index is 5.62. The van der Waals surface area contributed by atoms with Gasteiger partial charge in [0.05, 0.1) is 0 Å². The molecule has 0 saturated heterocycles. The fourth-order valence-electron chi connectivity index (χ4n) is 1.88. The Kier molecular flexibility index (Phi) is 1.91. The number of nitrogens with zero attached hydrogens (tertiary/aromatic N) is 1. The lowest BCUT2D eigenvalue weighted by Gasteiger charge is -1.97. The van der Waals surface area contributed by atoms with E-state index < -0.39 is 0 Å². The number of rotatable bonds is 1. The second-order valence-corrected chi connectivity index (χ2v) is 4.09. The molecule has 0 spiro atoms. The molecule has 0 amide bonds. The van der Waals surface area contributed by atoms with Gasteiger partial charge >= 0.3 is 0 Å². The molecule has 1 aromatic carbocycles. The topological polar surface area (TPSA) is 54.7 Å². The number of hydrogen-bond donors (Lipinski definition) is 2. The molecule has 0 radical (unpaired) electrons. The van der Waals surface area contributed by atoms with Crippen molar-refractivity contribution in [1.29, 1.82) is 0 Å². The standard InChI is InChI=1S/C12H9N3S/c13-11(16)7-3-4-10-9(6-7)8-2-1-5-14-12(8)15-10/h1-6H,(H2,13,16)(H,14,15). The summed E-state index contributed by atoms with van der Waals surface area (Å²) in [4.78, 5) is 7.94. The van der Waals surface area contributed by atoms with Gasteiger partial charge in [0.2, 0.25) is 0 Å². The van der Waals surface area contributed by atoms with Gasteiger partial charge in [-0.15, -0.1) is 0 Å². The molecule has 0 unspecified atom stereocenters. The fraction of sp³-hybridized carbons (Fsp3) is 0. The highest BCUT2D eigenvalue weighted by Crippen LogP contribution is 2.24. The Morgan fingerprint density at radius 2 is 2.12 bits per heavy atom. The summed E-state index contributed by atoms with van der Waals surface area (Å²) in [5.41, 5.74) is 8.44. The van der Waals surface area contributed by atoms with Crippen molar-refractivity contribution in [3.8, 4) is 0 Å². The Morgan fingerprint density at radius 3 is 2.94 bits per heavy atom. The third-order valence-corrected chi connectivity index (χ3v) is 2.89. The Balaban J connectivity index is 2.44. The lowest BCUT2D eigenvalue weighted by Crippen LogP contribution is -2.08. The van der Waals surface area contributed by atoms with Gasteiger partial charge in [0.25, 0.3) is 0 Å². The smallest absolute Gasteiger partial charge is 0.138 e. The normalized spacial score (nSPS) is 11.0. The van der Waals surface area contributed by atoms with Gasteiger partial charge in [-0.2, -0.15) is 0 Å². The lowest BCUT2D eigenvalue weighted by atomic mass is 10.1. The molecule has 0 saturated carbocycles. The Bertz CT molecular complexity index is 700. The van der Waals surface area contributed by atoms with Crippen molar-refractivity contribution in [2.45, 2.75) is 0 Å². The molecule has 78 valence electrons. The molecular weight excluding hydrogens is 218 g/mol. The number of aromatic amines is 1. The van der Waals surface area contributed by atoms with Crippen LogP contribution in [-0.2, 0) is 0 Å². The number of nitrogens with one attached hydrogen (secondary N) is 1. The van der Waals surface area contributed by atoms with Gasteiger partial charge in [0.15, 0.2) is 0 Å². The molecule has 2 heterocycles. The van der Waals surface area contributed by atoms with Gasteiger partial charge in [-0.05, 0) is 30.3 Å². The van der Waals surface area contributed by atoms with E-state index in [4.69, 9.17) is 18.0 Å². The largest absolute Gasteiger partial charge is 0.389 e. The van der Waals surface area contributed by atoms with Crippen LogP contribution in [0, 0.1) is 0 Å². The van der Waals surface area contributed by atoms with Gasteiger partial charge in [-0.25, -0.2) is 4.98 Å². The molecule has 0 bridgehead atoms. The quantitative estimate of drug-likeness (QED) is 0.627. The van der Waals surface area contributed by atoms with Crippen LogP contribution < -0.4 is 5.73 Å². The SMILES string of the molecule is NC(=S)c1ccc2[nH]c3ncccc3c2c1. The van der Waals surface area contributed by atoms with Crippen molar-refractivity contribution >= 4 is 39.1 Å². The van der Waals surface area contributed by atoms with E-state index in [2.05, 4.69) is 9.97 Å². The summed E-state index contributed by atoms with van der Waals surface area (Å²) in [7, 11) is 0. The summed E-state index contributed by atoms with van der Waals surface area (Å²) in [6.45, 7) is 0. The molecule has 16 heavy (non-hydrogen) atoms. The van der Waals surface area contributed by atoms with Crippen LogP contribution >= 0.6 is 12.2 Å². The molecule has 0 aliphatic rings. The van der Waals surface area contributed by atoms with E-state index in [1.807, 2.05) is 30.3 Å². The summed E-state index contributed by atoms with van der Waals surface area (Å²) in [6.07, 6.45) is 1.77. The minimum absolute atomic E-state index is 0.417. The van der Waals surface area contributed by atoms with E-state index in [1.54, 1.807) is 6.20 Å². The predicted octanol–water partition coefficient (Wildman–Crippen LogP) is 2.35. The number of hydrogen-bond acceptors (Lipinski definition) is 2. The number of nitrogens with two attached hydrogens (primary N) is 1. The Hall–Kier alpha value is -1.94. The third kappa shape index (κ3) is 1.27. The summed E-state index contributed by atoms with van der Waals surface area (Å²) in [6, 6.07) is 9.84. The zero-order valence-electron chi connectivity index (χ0n) is 8.40. The van der Waals surface area contributed by atoms with Crippen molar-refractivity contribution in [1.82, 2.24) is 9.97 Å². The zero-order valence-corrected chi connectivity index (χ0v) is 9.21. The lowest BCUT2D eigenvalue weighted by molar-refractivity contribution is 1.35. The van der Waals surface area contributed by atoms with Crippen LogP contribution in [0.5, 0.6) is 0 Å². The fourth-order valence-corrected chi connectivity index (χ4v) is 2.01. The van der Waals surface area contributed by atoms with E-state index in [1.165, 1.54) is 0 Å². The second-order valence-electron chi connectivity index (χ2n) is 3.65. The van der Waals surface area contributed by atoms with Crippen LogP contribution in [0.2, 0.25) is 0 Å². The third-order valence-electron chi connectivity index (χ3n) is 2.66. The summed E-state index contributed by atoms with van der Waals surface area (Å²) in [5.74, 6) is 0. The van der Waals surface area contributed by atoms with E-state index >= 15 is 0 Å². The van der Waals surface area contributed by atoms with Crippen molar-refractivity contribution in [3.05, 3.63) is 42.1 Å². The summed E-state index contributed by atoms with van der Waals surface area (Å²) >= 11 is 4.97. The van der Waals surface area contributed by atoms with Crippen molar-refractivity contribution in [3.63, 3.8) is 0 Å². The first-order valence-electron chi connectivity index (χ1n) is 4.92. The van der Waals surface area contributed by atoms with Crippen LogP contribution in [0.15, 0.2) is 36.5 Å². The highest BCUT2D eigenvalue weighted by molar-refractivity contribution is 7.80. The maximum Gasteiger partial charge on any atom is 0.138 e. The first kappa shape index (κ1) is 9.30. The molecule has 0 aliphatic heterocycles. The summed E-state index contributed by atoms with van der Waals surface area (Å²) < 4.78 is 0. The van der Waals surface area contributed by atoms with E-state index in [0.29, 0.717) is 4.99 Å². The molecule has 0 aliphatic carbocycles. The van der Waals surface area contributed by atoms with Crippen LogP contribution in [0.4, 0.5) is 0 Å².